The zero-order valence-corrected chi connectivity index (χ0v) is 63.4. The summed E-state index contributed by atoms with van der Waals surface area (Å²) in [4.78, 5) is 183. The Bertz CT molecular complexity index is 4250. The predicted molar refractivity (Wildman–Crippen MR) is 393 cm³/mol. The number of anilines is 2. The molecule has 4 fully saturated rings. The number of aliphatic carboxylic acids is 3. The number of nitrogens with zero attached hydrogens (tertiary/aromatic N) is 5. The number of rotatable bonds is 37. The molecule has 602 valence electrons. The van der Waals surface area contributed by atoms with Crippen molar-refractivity contribution < 1.29 is 111 Å². The fraction of sp³-hybridized carbons (Fsp3) is 0.542. The highest BCUT2D eigenvalue weighted by Gasteiger charge is 2.87. The van der Waals surface area contributed by atoms with Crippen LogP contribution in [0.1, 0.15) is 135 Å². The van der Waals surface area contributed by atoms with E-state index in [9.17, 15) is 77.6 Å². The number of fused-ring (bicyclic) bond motifs is 3. The minimum absolute atomic E-state index is 0.0135. The van der Waals surface area contributed by atoms with Crippen molar-refractivity contribution in [3.63, 3.8) is 0 Å². The molecule has 5 aliphatic rings. The quantitative estimate of drug-likeness (QED) is 0.00348. The number of benzene rings is 2. The number of carboxylic acid groups (broad SMARTS) is 3. The Morgan fingerprint density at radius 3 is 2.12 bits per heavy atom. The minimum Gasteiger partial charge on any atom is -0.497 e. The standard InChI is InChI=1S/C38H48N14O13S.C34H46O11/c1-2-52-26(54)13-24(34(52)61)66-16-23(36(64)65)49-32(59)22(12-27(55)56)48-31(58)20(4-3-11-42-37(39)40)46-25(53)10-9-21(35(62)63)47-30(57)17-5-7-18(8-6-17)43-14-19-15-44-29-28(45-19)33(60)51-38(41)50-29;1-9-39-31(23-10-12-24(38-8)13-11-23)45-28-29(42-22(6)36)32(7)33(17-40-21(5)35)16-25(43-27(37)14-19(2)3)20(4)15-26(33)44-30(28)34(32)18-41-34/h5-8,15,20-24,43H,2-4,9-14,16H2,1H3,(H,46,53)(H,47,57)(H,48,58)(H,49,59)(H,55,56)(H,62,63)(H,64,65)(H4,39,40,42)(H3,41,44,50,51,60);10-13,15,19,25-26,28-31H,9,14,16-18H2,1-8H3/t20-,21-,22-,23-,24?;25-,26+,28+,29+,30+,31?,32+,33+,34-/m00/s1. The van der Waals surface area contributed by atoms with E-state index in [1.165, 1.54) is 44.3 Å². The number of nitrogen functional groups attached to an aromatic ring is 1. The summed E-state index contributed by atoms with van der Waals surface area (Å²) in [6, 6.07) is 6.60. The smallest absolute Gasteiger partial charge is 0.327 e. The lowest BCUT2D eigenvalue weighted by Crippen LogP contribution is -2.68. The van der Waals surface area contributed by atoms with Gasteiger partial charge in [0.15, 0.2) is 23.4 Å². The maximum Gasteiger partial charge on any atom is 0.327 e. The first kappa shape index (κ1) is 85.7. The van der Waals surface area contributed by atoms with Crippen molar-refractivity contribution in [2.75, 3.05) is 56.8 Å². The Labute approximate surface area is 640 Å². The van der Waals surface area contributed by atoms with E-state index in [0.29, 0.717) is 30.3 Å². The van der Waals surface area contributed by atoms with E-state index in [1.807, 2.05) is 65.0 Å². The number of hydrogen-bond acceptors (Lipinski definition) is 28. The van der Waals surface area contributed by atoms with E-state index in [0.717, 1.165) is 27.8 Å². The van der Waals surface area contributed by atoms with Crippen LogP contribution in [0, 0.1) is 16.7 Å². The number of aromatic nitrogens is 4. The summed E-state index contributed by atoms with van der Waals surface area (Å²) in [5.41, 5.74) is 15.4. The molecule has 5 heterocycles. The molecule has 3 saturated heterocycles. The van der Waals surface area contributed by atoms with E-state index in [4.69, 9.17) is 55.1 Å². The Hall–Kier alpha value is -10.9. The molecule has 6 amide bonds. The van der Waals surface area contributed by atoms with Crippen LogP contribution in [0.25, 0.3) is 11.2 Å². The fourth-order valence-electron chi connectivity index (χ4n) is 13.9. The molecule has 0 radical (unpaired) electrons. The van der Waals surface area contributed by atoms with Gasteiger partial charge in [0.2, 0.25) is 35.5 Å². The molecule has 14 atom stereocenters. The third-order valence-electron chi connectivity index (χ3n) is 19.5. The summed E-state index contributed by atoms with van der Waals surface area (Å²) in [7, 11) is 1.60. The largest absolute Gasteiger partial charge is 0.497 e. The van der Waals surface area contributed by atoms with Gasteiger partial charge >= 0.3 is 35.8 Å². The van der Waals surface area contributed by atoms with Crippen molar-refractivity contribution >= 4 is 112 Å². The van der Waals surface area contributed by atoms with Gasteiger partial charge in [-0.1, -0.05) is 39.0 Å². The molecule has 9 rings (SSSR count). The molecule has 111 heavy (non-hydrogen) atoms. The molecule has 2 aromatic carbocycles. The number of thioether (sulfide) groups is 1. The average Bonchev–Trinajstić information content (AvgIpc) is 1.47. The maximum absolute atomic E-state index is 13.5. The number of esters is 3. The Balaban J connectivity index is 0.000000298. The van der Waals surface area contributed by atoms with Crippen molar-refractivity contribution in [1.82, 2.24) is 46.1 Å². The molecular formula is C72H94N14O24S. The first-order chi connectivity index (χ1) is 52.6. The topological polar surface area (TPSA) is 568 Å². The number of amides is 6. The second kappa shape index (κ2) is 37.7. The molecule has 2 bridgehead atoms. The first-order valence-electron chi connectivity index (χ1n) is 35.7. The normalized spacial score (nSPS) is 23.3. The van der Waals surface area contributed by atoms with Gasteiger partial charge in [0.05, 0.1) is 60.8 Å². The highest BCUT2D eigenvalue weighted by Crippen LogP contribution is 2.73. The third kappa shape index (κ3) is 21.0. The van der Waals surface area contributed by atoms with Crippen LogP contribution < -0.4 is 54.1 Å². The van der Waals surface area contributed by atoms with E-state index in [-0.39, 0.29) is 98.9 Å². The zero-order chi connectivity index (χ0) is 81.4. The number of hydrogen-bond donors (Lipinski definition) is 12. The van der Waals surface area contributed by atoms with E-state index >= 15 is 0 Å². The number of carbonyl (C=O) groups excluding carboxylic acids is 9. The number of guanidine groups is 1. The Morgan fingerprint density at radius 1 is 0.847 bits per heavy atom. The number of imide groups is 1. The first-order valence-corrected chi connectivity index (χ1v) is 36.8. The average molecular weight is 1570 g/mol. The van der Waals surface area contributed by atoms with Gasteiger partial charge in [-0.25, -0.2) is 19.6 Å². The highest BCUT2D eigenvalue weighted by molar-refractivity contribution is 8.00. The molecule has 4 aromatic rings. The number of nitrogens with two attached hydrogens (primary N) is 3. The number of methoxy groups -OCH3 is 1. The summed E-state index contributed by atoms with van der Waals surface area (Å²) in [5, 5.41) is 40.4. The lowest BCUT2D eigenvalue weighted by molar-refractivity contribution is -0.244. The Kier molecular flexibility index (Phi) is 29.1. The van der Waals surface area contributed by atoms with Crippen LogP contribution in [0.5, 0.6) is 5.75 Å². The van der Waals surface area contributed by atoms with Crippen molar-refractivity contribution in [1.29, 1.82) is 0 Å². The summed E-state index contributed by atoms with van der Waals surface area (Å²) in [6.45, 7) is 14.8. The van der Waals surface area contributed by atoms with E-state index < -0.39 is 179 Å². The van der Waals surface area contributed by atoms with Gasteiger partial charge in [-0.05, 0) is 87.9 Å². The molecule has 2 aliphatic carbocycles. The number of carboxylic acids is 3. The second-order valence-corrected chi connectivity index (χ2v) is 28.9. The molecule has 2 aromatic heterocycles. The van der Waals surface area contributed by atoms with Crippen molar-refractivity contribution in [2.45, 2.75) is 185 Å². The minimum atomic E-state index is -1.87. The predicted octanol–water partition coefficient (Wildman–Crippen LogP) is 1.28. The second-order valence-electron chi connectivity index (χ2n) is 27.6. The van der Waals surface area contributed by atoms with E-state index in [2.05, 4.69) is 51.5 Å². The van der Waals surface area contributed by atoms with Gasteiger partial charge in [-0.3, -0.25) is 67.6 Å². The molecule has 39 heteroatoms. The molecule has 1 spiro atoms. The number of aromatic amines is 1. The number of aliphatic imine (C=N–C) groups is 1. The lowest BCUT2D eigenvalue weighted by Gasteiger charge is -2.58. The monoisotopic (exact) mass is 1570 g/mol. The molecular weight excluding hydrogens is 1480 g/mol. The van der Waals surface area contributed by atoms with Crippen LogP contribution in [0.15, 0.2) is 76.2 Å². The van der Waals surface area contributed by atoms with Crippen molar-refractivity contribution in [3.05, 3.63) is 93.6 Å². The number of likely N-dealkylation sites (tertiary alicyclic amines) is 1. The van der Waals surface area contributed by atoms with Gasteiger partial charge in [-0.15, -0.1) is 11.8 Å². The van der Waals surface area contributed by atoms with Crippen LogP contribution in [0.3, 0.4) is 0 Å². The molecule has 1 saturated carbocycles. The third-order valence-corrected chi connectivity index (χ3v) is 20.8. The van der Waals surface area contributed by atoms with Gasteiger partial charge in [-0.2, -0.15) is 4.98 Å². The summed E-state index contributed by atoms with van der Waals surface area (Å²) in [5.74, 6) is -10.8. The zero-order valence-electron chi connectivity index (χ0n) is 62.6. The number of carbonyl (C=O) groups is 12. The van der Waals surface area contributed by atoms with Crippen molar-refractivity contribution in [3.8, 4) is 5.75 Å². The Morgan fingerprint density at radius 2 is 1.52 bits per heavy atom. The van der Waals surface area contributed by atoms with Crippen LogP contribution >= 0.6 is 11.8 Å². The van der Waals surface area contributed by atoms with Crippen molar-refractivity contribution in [2.24, 2.45) is 33.2 Å². The van der Waals surface area contributed by atoms with Gasteiger partial charge in [0, 0.05) is 81.8 Å². The molecule has 15 N–H and O–H groups in total. The van der Waals surface area contributed by atoms with Gasteiger partial charge < -0.3 is 97.0 Å². The van der Waals surface area contributed by atoms with Gasteiger partial charge in [0.1, 0.15) is 66.5 Å². The number of ether oxygens (including phenoxy) is 8. The van der Waals surface area contributed by atoms with Crippen LogP contribution in [-0.4, -0.2) is 229 Å². The molecule has 3 aliphatic heterocycles. The number of epoxide rings is 1. The number of H-pyrrole nitrogens is 1. The molecule has 38 nitrogen and oxygen atoms in total. The molecule has 2 unspecified atom stereocenters. The fourth-order valence-corrected chi connectivity index (χ4v) is 15.1. The van der Waals surface area contributed by atoms with Crippen LogP contribution in [-0.2, 0) is 92.4 Å². The van der Waals surface area contributed by atoms with Crippen LogP contribution in [0.2, 0.25) is 0 Å². The van der Waals surface area contributed by atoms with Crippen LogP contribution in [0.4, 0.5) is 11.6 Å². The summed E-state index contributed by atoms with van der Waals surface area (Å²) >= 11 is 0.806. The highest BCUT2D eigenvalue weighted by atomic mass is 32.2. The summed E-state index contributed by atoms with van der Waals surface area (Å²) in [6.07, 6.45) is -2.80. The van der Waals surface area contributed by atoms with Gasteiger partial charge in [0.25, 0.3) is 11.5 Å². The maximum atomic E-state index is 13.5. The summed E-state index contributed by atoms with van der Waals surface area (Å²) < 4.78 is 49.3. The van der Waals surface area contributed by atoms with E-state index in [1.54, 1.807) is 14.0 Å². The number of nitrogens with one attached hydrogen (secondary N) is 6. The SMILES string of the molecule is CCN1C(=O)CC(SC[C@H](NC(=O)[C@H](CC(=O)O)NC(=O)[C@H](CCCN=C(N)N)NC(=O)CC[C@H](NC(=O)c2ccc(NCc3cnc4nc(N)[nH]c(=O)c4n3)cc2)C(=O)O)C(=O)O)C1=O.CCOC(O[C@@H]1[C@@H](OC(C)=O)[C@]2(C)[C@@]3(COC(C)=O)C[C@H](OC(=O)CC(C)C)C(C)=C[C@H]3O[C@H]1[C@@]21CO1)c1ccc(OC)cc1. The lowest BCUT2D eigenvalue weighted by atomic mass is 9.51.